The molecule has 0 fully saturated rings. The van der Waals surface area contributed by atoms with Crippen molar-refractivity contribution >= 4 is 42.5 Å². The Balaban J connectivity index is 2.09. The summed E-state index contributed by atoms with van der Waals surface area (Å²) in [6.07, 6.45) is 4.60. The second-order valence-corrected chi connectivity index (χ2v) is 10.0. The predicted molar refractivity (Wildman–Crippen MR) is 131 cm³/mol. The Hall–Kier alpha value is -2.39. The van der Waals surface area contributed by atoms with Gasteiger partial charge in [-0.05, 0) is 37.1 Å². The SMILES string of the molecule is COc1cc(S(=O)(=O)N(CCCCCBr)c2ccc3c(ccn3C)c2)cc(OC)c1OC. The molecule has 1 aromatic heterocycles. The summed E-state index contributed by atoms with van der Waals surface area (Å²) in [4.78, 5) is 0.0839. The van der Waals surface area contributed by atoms with Gasteiger partial charge in [-0.1, -0.05) is 22.4 Å². The van der Waals surface area contributed by atoms with Gasteiger partial charge < -0.3 is 18.8 Å². The summed E-state index contributed by atoms with van der Waals surface area (Å²) >= 11 is 3.44. The molecular formula is C23H29BrN2O5S. The molecule has 1 heterocycles. The molecule has 0 spiro atoms. The number of anilines is 1. The van der Waals surface area contributed by atoms with Crippen molar-refractivity contribution in [3.8, 4) is 17.2 Å². The number of aromatic nitrogens is 1. The lowest BCUT2D eigenvalue weighted by atomic mass is 10.2. The van der Waals surface area contributed by atoms with Gasteiger partial charge in [0.2, 0.25) is 5.75 Å². The molecule has 0 aliphatic rings. The first-order chi connectivity index (χ1) is 15.4. The molecule has 32 heavy (non-hydrogen) atoms. The van der Waals surface area contributed by atoms with E-state index in [9.17, 15) is 8.42 Å². The van der Waals surface area contributed by atoms with Crippen molar-refractivity contribution in [1.82, 2.24) is 4.57 Å². The zero-order chi connectivity index (χ0) is 23.3. The predicted octanol–water partition coefficient (Wildman–Crippen LogP) is 4.96. The quantitative estimate of drug-likeness (QED) is 0.261. The Labute approximate surface area is 198 Å². The molecule has 7 nitrogen and oxygen atoms in total. The molecular weight excluding hydrogens is 496 g/mol. The Bertz CT molecular complexity index is 1150. The van der Waals surface area contributed by atoms with E-state index in [0.717, 1.165) is 35.5 Å². The molecule has 0 N–H and O–H groups in total. The summed E-state index contributed by atoms with van der Waals surface area (Å²) in [6, 6.07) is 10.6. The Kier molecular flexibility index (Phi) is 7.95. The first-order valence-electron chi connectivity index (χ1n) is 10.3. The molecule has 9 heteroatoms. The molecule has 0 amide bonds. The number of hydrogen-bond donors (Lipinski definition) is 0. The fraction of sp³-hybridized carbons (Fsp3) is 0.391. The van der Waals surface area contributed by atoms with Crippen molar-refractivity contribution in [3.63, 3.8) is 0 Å². The molecule has 2 aromatic carbocycles. The lowest BCUT2D eigenvalue weighted by Gasteiger charge is -2.25. The van der Waals surface area contributed by atoms with E-state index in [1.54, 1.807) is 0 Å². The number of hydrogen-bond acceptors (Lipinski definition) is 5. The topological polar surface area (TPSA) is 70.0 Å². The normalized spacial score (nSPS) is 11.5. The van der Waals surface area contributed by atoms with Crippen molar-refractivity contribution in [2.75, 3.05) is 37.5 Å². The fourth-order valence-corrected chi connectivity index (χ4v) is 5.60. The third-order valence-electron chi connectivity index (χ3n) is 5.38. The highest BCUT2D eigenvalue weighted by atomic mass is 79.9. The summed E-state index contributed by atoms with van der Waals surface area (Å²) in [7, 11) is 2.49. The summed E-state index contributed by atoms with van der Waals surface area (Å²) in [5, 5.41) is 1.87. The zero-order valence-corrected chi connectivity index (χ0v) is 21.2. The van der Waals surface area contributed by atoms with Gasteiger partial charge in [-0.2, -0.15) is 0 Å². The van der Waals surface area contributed by atoms with E-state index in [2.05, 4.69) is 15.9 Å². The number of rotatable bonds is 11. The maximum absolute atomic E-state index is 13.8. The third-order valence-corrected chi connectivity index (χ3v) is 7.74. The molecule has 3 rings (SSSR count). The van der Waals surface area contributed by atoms with Crippen LogP contribution < -0.4 is 18.5 Å². The minimum Gasteiger partial charge on any atom is -0.493 e. The molecule has 0 atom stereocenters. The van der Waals surface area contributed by atoms with E-state index >= 15 is 0 Å². The molecule has 174 valence electrons. The van der Waals surface area contributed by atoms with Crippen LogP contribution in [0.4, 0.5) is 5.69 Å². The van der Waals surface area contributed by atoms with Crippen LogP contribution in [-0.2, 0) is 17.1 Å². The lowest BCUT2D eigenvalue weighted by molar-refractivity contribution is 0.323. The number of fused-ring (bicyclic) bond motifs is 1. The maximum atomic E-state index is 13.8. The Morgan fingerprint density at radius 2 is 1.62 bits per heavy atom. The number of aryl methyl sites for hydroxylation is 1. The van der Waals surface area contributed by atoms with Gasteiger partial charge in [-0.25, -0.2) is 8.42 Å². The van der Waals surface area contributed by atoms with Crippen LogP contribution in [0.25, 0.3) is 10.9 Å². The maximum Gasteiger partial charge on any atom is 0.264 e. The van der Waals surface area contributed by atoms with E-state index in [4.69, 9.17) is 14.2 Å². The van der Waals surface area contributed by atoms with Gasteiger partial charge in [0.1, 0.15) is 0 Å². The van der Waals surface area contributed by atoms with E-state index < -0.39 is 10.0 Å². The average Bonchev–Trinajstić information content (AvgIpc) is 3.17. The van der Waals surface area contributed by atoms with E-state index in [-0.39, 0.29) is 4.90 Å². The van der Waals surface area contributed by atoms with Crippen molar-refractivity contribution < 1.29 is 22.6 Å². The minimum atomic E-state index is -3.89. The standard InChI is InChI=1S/C23H29BrN2O5S/c1-25-13-10-17-14-18(8-9-20(17)25)26(12-7-5-6-11-24)32(27,28)19-15-21(29-2)23(31-4)22(16-19)30-3/h8-10,13-16H,5-7,11-12H2,1-4H3. The molecule has 3 aromatic rings. The Morgan fingerprint density at radius 3 is 2.22 bits per heavy atom. The van der Waals surface area contributed by atoms with Crippen LogP contribution in [0.5, 0.6) is 17.2 Å². The highest BCUT2D eigenvalue weighted by Gasteiger charge is 2.28. The van der Waals surface area contributed by atoms with Crippen molar-refractivity contribution in [2.45, 2.75) is 24.2 Å². The number of ether oxygens (including phenoxy) is 3. The molecule has 0 saturated heterocycles. The number of halogens is 1. The van der Waals surface area contributed by atoms with E-state index in [1.165, 1.54) is 37.8 Å². The van der Waals surface area contributed by atoms with Crippen molar-refractivity contribution in [1.29, 1.82) is 0 Å². The summed E-state index contributed by atoms with van der Waals surface area (Å²) in [5.74, 6) is 0.940. The van der Waals surface area contributed by atoms with Crippen LogP contribution >= 0.6 is 15.9 Å². The van der Waals surface area contributed by atoms with Crippen LogP contribution in [0.1, 0.15) is 19.3 Å². The number of nitrogens with zero attached hydrogens (tertiary/aromatic N) is 2. The van der Waals surface area contributed by atoms with Gasteiger partial charge >= 0.3 is 0 Å². The second kappa shape index (κ2) is 10.5. The van der Waals surface area contributed by atoms with Gasteiger partial charge in [0.15, 0.2) is 11.5 Å². The number of unbranched alkanes of at least 4 members (excludes halogenated alkanes) is 2. The number of sulfonamides is 1. The highest BCUT2D eigenvalue weighted by Crippen LogP contribution is 2.40. The Morgan fingerprint density at radius 1 is 0.938 bits per heavy atom. The zero-order valence-electron chi connectivity index (χ0n) is 18.8. The molecule has 0 aliphatic heterocycles. The average molecular weight is 525 g/mol. The van der Waals surface area contributed by atoms with Crippen molar-refractivity contribution in [2.24, 2.45) is 7.05 Å². The van der Waals surface area contributed by atoms with E-state index in [0.29, 0.717) is 29.5 Å². The van der Waals surface area contributed by atoms with Gasteiger partial charge in [-0.3, -0.25) is 4.31 Å². The van der Waals surface area contributed by atoms with Crippen molar-refractivity contribution in [3.05, 3.63) is 42.6 Å². The summed E-state index contributed by atoms with van der Waals surface area (Å²) < 4.78 is 47.2. The second-order valence-electron chi connectivity index (χ2n) is 7.36. The number of benzene rings is 2. The van der Waals surface area contributed by atoms with Gasteiger partial charge in [0.25, 0.3) is 10.0 Å². The van der Waals surface area contributed by atoms with Crippen LogP contribution in [-0.4, -0.2) is 46.2 Å². The molecule has 0 unspecified atom stereocenters. The molecule has 0 saturated carbocycles. The first kappa shape index (κ1) is 24.3. The fourth-order valence-electron chi connectivity index (χ4n) is 3.67. The number of alkyl halides is 1. The molecule has 0 bridgehead atoms. The molecule has 0 radical (unpaired) electrons. The smallest absolute Gasteiger partial charge is 0.264 e. The summed E-state index contributed by atoms with van der Waals surface area (Å²) in [5.41, 5.74) is 1.66. The highest BCUT2D eigenvalue weighted by molar-refractivity contribution is 9.09. The minimum absolute atomic E-state index is 0.0839. The van der Waals surface area contributed by atoms with Gasteiger partial charge in [0.05, 0.1) is 31.9 Å². The largest absolute Gasteiger partial charge is 0.493 e. The lowest BCUT2D eigenvalue weighted by Crippen LogP contribution is -2.32. The van der Waals surface area contributed by atoms with Gasteiger partial charge in [-0.15, -0.1) is 0 Å². The van der Waals surface area contributed by atoms with Crippen LogP contribution in [0.2, 0.25) is 0 Å². The summed E-state index contributed by atoms with van der Waals surface area (Å²) in [6.45, 7) is 0.365. The molecule has 0 aliphatic carbocycles. The van der Waals surface area contributed by atoms with E-state index in [1.807, 2.05) is 42.1 Å². The number of methoxy groups -OCH3 is 3. The third kappa shape index (κ3) is 4.83. The monoisotopic (exact) mass is 524 g/mol. The van der Waals surface area contributed by atoms with Crippen LogP contribution in [0.15, 0.2) is 47.5 Å². The van der Waals surface area contributed by atoms with Crippen LogP contribution in [0.3, 0.4) is 0 Å². The van der Waals surface area contributed by atoms with Gasteiger partial charge in [0, 0.05) is 48.2 Å². The first-order valence-corrected chi connectivity index (χ1v) is 12.9. The van der Waals surface area contributed by atoms with Crippen LogP contribution in [0, 0.1) is 0 Å².